The number of nitrogens with two attached hydrogens (primary N) is 1. The van der Waals surface area contributed by atoms with E-state index in [1.807, 2.05) is 41.8 Å². The van der Waals surface area contributed by atoms with E-state index in [0.29, 0.717) is 22.4 Å². The Labute approximate surface area is 164 Å². The van der Waals surface area contributed by atoms with Crippen LogP contribution in [0.2, 0.25) is 10.0 Å². The molecule has 4 nitrogen and oxygen atoms in total. The fraction of sp³-hybridized carbons (Fsp3) is 0.0526. The third-order valence-corrected chi connectivity index (χ3v) is 5.24. The van der Waals surface area contributed by atoms with Crippen LogP contribution < -0.4 is 11.1 Å². The highest BCUT2D eigenvalue weighted by molar-refractivity contribution is 7.09. The molecule has 0 bridgehead atoms. The van der Waals surface area contributed by atoms with Gasteiger partial charge in [-0.25, -0.2) is 4.98 Å². The highest BCUT2D eigenvalue weighted by Crippen LogP contribution is 2.35. The highest BCUT2D eigenvalue weighted by Gasteiger charge is 2.13. The zero-order valence-corrected chi connectivity index (χ0v) is 15.9. The maximum atomic E-state index is 6.19. The predicted molar refractivity (Wildman–Crippen MR) is 111 cm³/mol. The zero-order valence-electron chi connectivity index (χ0n) is 13.5. The summed E-state index contributed by atoms with van der Waals surface area (Å²) < 4.78 is 0. The first-order valence-electron chi connectivity index (χ1n) is 7.89. The summed E-state index contributed by atoms with van der Waals surface area (Å²) in [7, 11) is 0. The van der Waals surface area contributed by atoms with Gasteiger partial charge >= 0.3 is 0 Å². The summed E-state index contributed by atoms with van der Waals surface area (Å²) in [5.74, 6) is 0.917. The number of rotatable bonds is 4. The Morgan fingerprint density at radius 2 is 1.81 bits per heavy atom. The van der Waals surface area contributed by atoms with Gasteiger partial charge in [-0.15, -0.1) is 11.3 Å². The summed E-state index contributed by atoms with van der Waals surface area (Å²) >= 11 is 14.1. The number of hydrogen-bond donors (Lipinski definition) is 2. The molecule has 2 aromatic carbocycles. The maximum Gasteiger partial charge on any atom is 0.222 e. The van der Waals surface area contributed by atoms with Crippen LogP contribution in [-0.4, -0.2) is 9.97 Å². The average molecular weight is 401 g/mol. The van der Waals surface area contributed by atoms with Crippen molar-refractivity contribution in [1.82, 2.24) is 9.97 Å². The lowest BCUT2D eigenvalue weighted by Gasteiger charge is -2.13. The molecule has 0 fully saturated rings. The molecule has 0 unspecified atom stereocenters. The summed E-state index contributed by atoms with van der Waals surface area (Å²) in [6.45, 7) is 0.661. The molecule has 4 aromatic rings. The standard InChI is InChI=1S/C19H14Cl2N4S/c20-12-7-11(8-13(21)9-12)15-4-1-5-16-17(15)18(25-19(22)24-16)23-10-14-3-2-6-26-14/h1-9H,10H2,(H3,22,23,24,25). The van der Waals surface area contributed by atoms with E-state index in [2.05, 4.69) is 21.4 Å². The molecule has 0 aliphatic rings. The average Bonchev–Trinajstić information content (AvgIpc) is 3.11. The fourth-order valence-corrected chi connectivity index (χ4v) is 4.03. The summed E-state index contributed by atoms with van der Waals surface area (Å²) in [6, 6.07) is 15.4. The van der Waals surface area contributed by atoms with Crippen LogP contribution in [0, 0.1) is 0 Å². The molecule has 0 radical (unpaired) electrons. The Balaban J connectivity index is 1.87. The van der Waals surface area contributed by atoms with Gasteiger partial charge in [-0.2, -0.15) is 4.98 Å². The SMILES string of the molecule is Nc1nc(NCc2cccs2)c2c(-c3cc(Cl)cc(Cl)c3)cccc2n1. The molecule has 0 amide bonds. The lowest BCUT2D eigenvalue weighted by molar-refractivity contribution is 1.13. The van der Waals surface area contributed by atoms with Gasteiger partial charge in [0.2, 0.25) is 5.95 Å². The smallest absolute Gasteiger partial charge is 0.222 e. The van der Waals surface area contributed by atoms with E-state index >= 15 is 0 Å². The van der Waals surface area contributed by atoms with Crippen LogP contribution in [0.5, 0.6) is 0 Å². The molecular formula is C19H14Cl2N4S. The van der Waals surface area contributed by atoms with Gasteiger partial charge < -0.3 is 11.1 Å². The topological polar surface area (TPSA) is 63.8 Å². The van der Waals surface area contributed by atoms with Crippen molar-refractivity contribution in [2.24, 2.45) is 0 Å². The summed E-state index contributed by atoms with van der Waals surface area (Å²) in [4.78, 5) is 10.0. The van der Waals surface area contributed by atoms with Crippen molar-refractivity contribution in [3.8, 4) is 11.1 Å². The number of thiophene rings is 1. The Morgan fingerprint density at radius 3 is 2.54 bits per heavy atom. The van der Waals surface area contributed by atoms with Crippen LogP contribution in [-0.2, 0) is 6.54 Å². The van der Waals surface area contributed by atoms with Crippen LogP contribution >= 0.6 is 34.5 Å². The van der Waals surface area contributed by atoms with E-state index in [-0.39, 0.29) is 5.95 Å². The second-order valence-electron chi connectivity index (χ2n) is 5.72. The van der Waals surface area contributed by atoms with Crippen molar-refractivity contribution in [2.45, 2.75) is 6.54 Å². The van der Waals surface area contributed by atoms with Crippen LogP contribution in [0.3, 0.4) is 0 Å². The number of nitrogens with one attached hydrogen (secondary N) is 1. The van der Waals surface area contributed by atoms with E-state index in [1.54, 1.807) is 17.4 Å². The number of hydrogen-bond acceptors (Lipinski definition) is 5. The van der Waals surface area contributed by atoms with E-state index in [1.165, 1.54) is 4.88 Å². The molecule has 26 heavy (non-hydrogen) atoms. The normalized spacial score (nSPS) is 11.0. The summed E-state index contributed by atoms with van der Waals surface area (Å²) in [5.41, 5.74) is 8.52. The highest BCUT2D eigenvalue weighted by atomic mass is 35.5. The van der Waals surface area contributed by atoms with Crippen molar-refractivity contribution in [1.29, 1.82) is 0 Å². The molecule has 0 saturated carbocycles. The summed E-state index contributed by atoms with van der Waals surface area (Å²) in [5, 5.41) is 7.47. The molecular weight excluding hydrogens is 387 g/mol. The second kappa shape index (κ2) is 7.11. The van der Waals surface area contributed by atoms with Crippen LogP contribution in [0.25, 0.3) is 22.0 Å². The van der Waals surface area contributed by atoms with Gasteiger partial charge in [0.15, 0.2) is 0 Å². The third kappa shape index (κ3) is 3.46. The van der Waals surface area contributed by atoms with Gasteiger partial charge in [0.25, 0.3) is 0 Å². The van der Waals surface area contributed by atoms with Gasteiger partial charge in [0.1, 0.15) is 5.82 Å². The van der Waals surface area contributed by atoms with Gasteiger partial charge in [-0.1, -0.05) is 41.4 Å². The number of benzene rings is 2. The van der Waals surface area contributed by atoms with Crippen molar-refractivity contribution in [2.75, 3.05) is 11.1 Å². The number of aromatic nitrogens is 2. The van der Waals surface area contributed by atoms with Crippen molar-refractivity contribution in [3.05, 3.63) is 68.8 Å². The zero-order chi connectivity index (χ0) is 18.1. The van der Waals surface area contributed by atoms with E-state index in [0.717, 1.165) is 22.0 Å². The first kappa shape index (κ1) is 17.1. The number of nitrogen functional groups attached to an aromatic ring is 1. The fourth-order valence-electron chi connectivity index (χ4n) is 2.86. The Bertz CT molecular complexity index is 1060. The minimum atomic E-state index is 0.229. The van der Waals surface area contributed by atoms with Gasteiger partial charge in [-0.3, -0.25) is 0 Å². The molecule has 0 aliphatic carbocycles. The van der Waals surface area contributed by atoms with E-state index in [4.69, 9.17) is 28.9 Å². The van der Waals surface area contributed by atoms with Crippen molar-refractivity contribution in [3.63, 3.8) is 0 Å². The van der Waals surface area contributed by atoms with E-state index in [9.17, 15) is 0 Å². The molecule has 2 aromatic heterocycles. The third-order valence-electron chi connectivity index (χ3n) is 3.92. The van der Waals surface area contributed by atoms with Gasteiger partial charge in [-0.05, 0) is 46.8 Å². The molecule has 0 atom stereocenters. The molecule has 0 spiro atoms. The van der Waals surface area contributed by atoms with Gasteiger partial charge in [0.05, 0.1) is 17.4 Å². The largest absolute Gasteiger partial charge is 0.368 e. The van der Waals surface area contributed by atoms with E-state index < -0.39 is 0 Å². The molecule has 7 heteroatoms. The molecule has 0 aliphatic heterocycles. The predicted octanol–water partition coefficient (Wildman–Crippen LogP) is 5.86. The first-order valence-corrected chi connectivity index (χ1v) is 9.52. The number of halogens is 2. The number of fused-ring (bicyclic) bond motifs is 1. The quantitative estimate of drug-likeness (QED) is 0.450. The molecule has 0 saturated heterocycles. The molecule has 3 N–H and O–H groups in total. The molecule has 130 valence electrons. The minimum absolute atomic E-state index is 0.229. The van der Waals surface area contributed by atoms with Crippen molar-refractivity contribution < 1.29 is 0 Å². The minimum Gasteiger partial charge on any atom is -0.368 e. The monoisotopic (exact) mass is 400 g/mol. The number of nitrogens with zero attached hydrogens (tertiary/aromatic N) is 2. The second-order valence-corrected chi connectivity index (χ2v) is 7.63. The Kier molecular flexibility index (Phi) is 4.68. The van der Waals surface area contributed by atoms with Crippen molar-refractivity contribution >= 4 is 57.2 Å². The lowest BCUT2D eigenvalue weighted by Crippen LogP contribution is -2.05. The van der Waals surface area contributed by atoms with Crippen LogP contribution in [0.1, 0.15) is 4.88 Å². The molecule has 2 heterocycles. The number of anilines is 2. The Hall–Kier alpha value is -2.34. The lowest BCUT2D eigenvalue weighted by atomic mass is 10.0. The maximum absolute atomic E-state index is 6.19. The van der Waals surface area contributed by atoms with Crippen LogP contribution in [0.15, 0.2) is 53.9 Å². The first-order chi connectivity index (χ1) is 12.6. The van der Waals surface area contributed by atoms with Gasteiger partial charge in [0, 0.05) is 14.9 Å². The Morgan fingerprint density at radius 1 is 1.00 bits per heavy atom. The van der Waals surface area contributed by atoms with Crippen LogP contribution in [0.4, 0.5) is 11.8 Å². The summed E-state index contributed by atoms with van der Waals surface area (Å²) in [6.07, 6.45) is 0. The molecule has 4 rings (SSSR count).